The topological polar surface area (TPSA) is 86.8 Å². The zero-order valence-electron chi connectivity index (χ0n) is 22.7. The van der Waals surface area contributed by atoms with E-state index in [4.69, 9.17) is 0 Å². The van der Waals surface area contributed by atoms with E-state index in [1.54, 1.807) is 50.2 Å². The van der Waals surface area contributed by atoms with Gasteiger partial charge in [-0.3, -0.25) is 13.9 Å². The summed E-state index contributed by atoms with van der Waals surface area (Å²) in [6, 6.07) is 24.0. The Labute approximate surface area is 226 Å². The summed E-state index contributed by atoms with van der Waals surface area (Å²) in [7, 11) is -4.06. The van der Waals surface area contributed by atoms with Crippen LogP contribution >= 0.6 is 0 Å². The molecule has 0 fully saturated rings. The average Bonchev–Trinajstić information content (AvgIpc) is 2.88. The Morgan fingerprint density at radius 1 is 0.868 bits per heavy atom. The van der Waals surface area contributed by atoms with Crippen molar-refractivity contribution in [3.63, 3.8) is 0 Å². The standard InChI is InChI=1S/C30H37N3O4S/c1-23-14-12-13-19-27(23)33(38(36,37)26-17-10-7-11-18-26)22-28(34)32(21-20-25-15-8-6-9-16-25)24(2)29(35)31-30(3,4)5/h6-19,24H,20-22H2,1-5H3,(H,31,35). The number of aryl methyl sites for hydroxylation is 1. The minimum absolute atomic E-state index is 0.0883. The molecule has 3 aromatic carbocycles. The smallest absolute Gasteiger partial charge is 0.264 e. The van der Waals surface area contributed by atoms with Crippen molar-refractivity contribution in [2.75, 3.05) is 17.4 Å². The summed E-state index contributed by atoms with van der Waals surface area (Å²) in [5, 5.41) is 2.94. The van der Waals surface area contributed by atoms with E-state index in [9.17, 15) is 18.0 Å². The number of benzene rings is 3. The van der Waals surface area contributed by atoms with Crippen LogP contribution in [0.25, 0.3) is 0 Å². The molecule has 0 radical (unpaired) electrons. The number of amides is 2. The van der Waals surface area contributed by atoms with Crippen molar-refractivity contribution in [1.29, 1.82) is 0 Å². The van der Waals surface area contributed by atoms with Crippen molar-refractivity contribution in [2.24, 2.45) is 0 Å². The number of hydrogen-bond acceptors (Lipinski definition) is 4. The molecule has 1 N–H and O–H groups in total. The van der Waals surface area contributed by atoms with E-state index >= 15 is 0 Å². The van der Waals surface area contributed by atoms with E-state index in [0.717, 1.165) is 9.87 Å². The van der Waals surface area contributed by atoms with E-state index in [-0.39, 0.29) is 17.3 Å². The molecule has 1 atom stereocenters. The lowest BCUT2D eigenvalue weighted by molar-refractivity contribution is -0.139. The summed E-state index contributed by atoms with van der Waals surface area (Å²) in [5.41, 5.74) is 1.67. The monoisotopic (exact) mass is 535 g/mol. The van der Waals surface area contributed by atoms with Gasteiger partial charge < -0.3 is 10.2 Å². The highest BCUT2D eigenvalue weighted by Gasteiger charge is 2.33. The van der Waals surface area contributed by atoms with Crippen molar-refractivity contribution in [1.82, 2.24) is 10.2 Å². The normalized spacial score (nSPS) is 12.4. The van der Waals surface area contributed by atoms with Crippen molar-refractivity contribution >= 4 is 27.5 Å². The predicted octanol–water partition coefficient (Wildman–Crippen LogP) is 4.56. The number of nitrogens with one attached hydrogen (secondary N) is 1. The van der Waals surface area contributed by atoms with Gasteiger partial charge in [0.15, 0.2) is 0 Å². The molecule has 0 aliphatic heterocycles. The molecule has 0 spiro atoms. The van der Waals surface area contributed by atoms with Gasteiger partial charge in [0.05, 0.1) is 10.6 Å². The number of carbonyl (C=O) groups is 2. The molecular formula is C30H37N3O4S. The predicted molar refractivity (Wildman–Crippen MR) is 151 cm³/mol. The molecule has 0 saturated carbocycles. The van der Waals surface area contributed by atoms with Gasteiger partial charge in [0.25, 0.3) is 10.0 Å². The zero-order valence-corrected chi connectivity index (χ0v) is 23.5. The Hall–Kier alpha value is -3.65. The minimum Gasteiger partial charge on any atom is -0.350 e. The third kappa shape index (κ3) is 7.44. The summed E-state index contributed by atoms with van der Waals surface area (Å²) in [5.74, 6) is -0.757. The van der Waals surface area contributed by atoms with Gasteiger partial charge >= 0.3 is 0 Å². The molecule has 38 heavy (non-hydrogen) atoms. The number of carbonyl (C=O) groups excluding carboxylic acids is 2. The van der Waals surface area contributed by atoms with Crippen LogP contribution < -0.4 is 9.62 Å². The largest absolute Gasteiger partial charge is 0.350 e. The fraction of sp³-hybridized carbons (Fsp3) is 0.333. The van der Waals surface area contributed by atoms with Gasteiger partial charge in [-0.2, -0.15) is 0 Å². The van der Waals surface area contributed by atoms with Crippen LogP contribution in [0.4, 0.5) is 5.69 Å². The van der Waals surface area contributed by atoms with Gasteiger partial charge in [0.1, 0.15) is 12.6 Å². The van der Waals surface area contributed by atoms with Gasteiger partial charge in [-0.05, 0) is 70.4 Å². The van der Waals surface area contributed by atoms with Crippen molar-refractivity contribution in [3.05, 3.63) is 96.1 Å². The quantitative estimate of drug-likeness (QED) is 0.412. The van der Waals surface area contributed by atoms with Gasteiger partial charge in [-0.25, -0.2) is 8.42 Å². The van der Waals surface area contributed by atoms with Crippen molar-refractivity contribution in [2.45, 2.75) is 57.5 Å². The summed E-state index contributed by atoms with van der Waals surface area (Å²) < 4.78 is 28.7. The summed E-state index contributed by atoms with van der Waals surface area (Å²) >= 11 is 0. The number of anilines is 1. The Balaban J connectivity index is 1.98. The summed E-state index contributed by atoms with van der Waals surface area (Å²) in [6.45, 7) is 8.92. The van der Waals surface area contributed by atoms with E-state index in [2.05, 4.69) is 5.32 Å². The highest BCUT2D eigenvalue weighted by Crippen LogP contribution is 2.27. The van der Waals surface area contributed by atoms with E-state index in [1.165, 1.54) is 17.0 Å². The first kappa shape index (κ1) is 28.9. The molecule has 202 valence electrons. The Morgan fingerprint density at radius 3 is 2.00 bits per heavy atom. The van der Waals surface area contributed by atoms with Gasteiger partial charge in [-0.1, -0.05) is 66.7 Å². The van der Waals surface area contributed by atoms with Crippen LogP contribution in [0.5, 0.6) is 0 Å². The number of nitrogens with zero attached hydrogens (tertiary/aromatic N) is 2. The maximum Gasteiger partial charge on any atom is 0.264 e. The fourth-order valence-electron chi connectivity index (χ4n) is 4.12. The molecule has 0 heterocycles. The maximum atomic E-state index is 13.9. The van der Waals surface area contributed by atoms with Gasteiger partial charge in [0.2, 0.25) is 11.8 Å². The molecule has 0 bridgehead atoms. The van der Waals surface area contributed by atoms with E-state index in [1.807, 2.05) is 57.2 Å². The Morgan fingerprint density at radius 2 is 1.42 bits per heavy atom. The molecule has 0 aliphatic rings. The first-order valence-corrected chi connectivity index (χ1v) is 14.1. The lowest BCUT2D eigenvalue weighted by Crippen LogP contribution is -2.55. The van der Waals surface area contributed by atoms with Crippen LogP contribution in [0.3, 0.4) is 0 Å². The second-order valence-corrected chi connectivity index (χ2v) is 12.2. The lowest BCUT2D eigenvalue weighted by Gasteiger charge is -2.33. The molecule has 3 aromatic rings. The fourth-order valence-corrected chi connectivity index (χ4v) is 5.62. The molecule has 0 aliphatic carbocycles. The first-order chi connectivity index (χ1) is 17.9. The minimum atomic E-state index is -4.06. The van der Waals surface area contributed by atoms with Crippen LogP contribution in [0.1, 0.15) is 38.8 Å². The molecular weight excluding hydrogens is 498 g/mol. The van der Waals surface area contributed by atoms with Gasteiger partial charge in [0, 0.05) is 12.1 Å². The van der Waals surface area contributed by atoms with Crippen LogP contribution in [0.2, 0.25) is 0 Å². The second kappa shape index (κ2) is 12.3. The molecule has 1 unspecified atom stereocenters. The average molecular weight is 536 g/mol. The Bertz CT molecular complexity index is 1340. The molecule has 7 nitrogen and oxygen atoms in total. The summed E-state index contributed by atoms with van der Waals surface area (Å²) in [4.78, 5) is 28.6. The van der Waals surface area contributed by atoms with E-state index in [0.29, 0.717) is 17.7 Å². The SMILES string of the molecule is Cc1ccccc1N(CC(=O)N(CCc1ccccc1)C(C)C(=O)NC(C)(C)C)S(=O)(=O)c1ccccc1. The van der Waals surface area contributed by atoms with Crippen molar-refractivity contribution < 1.29 is 18.0 Å². The van der Waals surface area contributed by atoms with Gasteiger partial charge in [-0.15, -0.1) is 0 Å². The highest BCUT2D eigenvalue weighted by molar-refractivity contribution is 7.92. The van der Waals surface area contributed by atoms with Crippen LogP contribution in [0.15, 0.2) is 89.8 Å². The maximum absolute atomic E-state index is 13.9. The number of sulfonamides is 1. The Kier molecular flexibility index (Phi) is 9.33. The van der Waals surface area contributed by atoms with Crippen LogP contribution in [-0.2, 0) is 26.0 Å². The molecule has 0 aromatic heterocycles. The number of para-hydroxylation sites is 1. The number of rotatable bonds is 10. The molecule has 2 amide bonds. The third-order valence-electron chi connectivity index (χ3n) is 6.14. The van der Waals surface area contributed by atoms with Crippen molar-refractivity contribution in [3.8, 4) is 0 Å². The molecule has 0 saturated heterocycles. The first-order valence-electron chi connectivity index (χ1n) is 12.7. The zero-order chi connectivity index (χ0) is 27.9. The van der Waals surface area contributed by atoms with Crippen LogP contribution in [0, 0.1) is 6.92 Å². The third-order valence-corrected chi connectivity index (χ3v) is 7.92. The van der Waals surface area contributed by atoms with E-state index < -0.39 is 34.1 Å². The molecule has 8 heteroatoms. The number of hydrogen-bond donors (Lipinski definition) is 1. The second-order valence-electron chi connectivity index (χ2n) is 10.3. The highest BCUT2D eigenvalue weighted by atomic mass is 32.2. The molecule has 3 rings (SSSR count). The van der Waals surface area contributed by atoms with Crippen LogP contribution in [-0.4, -0.2) is 49.8 Å². The summed E-state index contributed by atoms with van der Waals surface area (Å²) in [6.07, 6.45) is 0.523. The lowest BCUT2D eigenvalue weighted by atomic mass is 10.1.